The molecule has 0 aromatic heterocycles. The van der Waals surface area contributed by atoms with E-state index in [0.29, 0.717) is 0 Å². The van der Waals surface area contributed by atoms with Gasteiger partial charge in [-0.3, -0.25) is 0 Å². The molecule has 61 heavy (non-hydrogen) atoms. The fourth-order valence-electron chi connectivity index (χ4n) is 10.7. The third-order valence-corrected chi connectivity index (χ3v) is 13.3. The average molecular weight is 786 g/mol. The summed E-state index contributed by atoms with van der Waals surface area (Å²) in [5.41, 5.74) is 20.0. The second-order valence-electron chi connectivity index (χ2n) is 16.7. The Morgan fingerprint density at radius 1 is 0.459 bits per heavy atom. The maximum Gasteiger partial charge on any atom is 0.0714 e. The maximum absolute atomic E-state index is 2.64. The molecule has 0 radical (unpaired) electrons. The first-order valence-electron chi connectivity index (χ1n) is 22.0. The summed E-state index contributed by atoms with van der Waals surface area (Å²) in [6.45, 7) is 8.79. The minimum absolute atomic E-state index is 0.0803. The molecule has 1 unspecified atom stereocenters. The molecule has 0 saturated heterocycles. The molecule has 0 bridgehead atoms. The largest absolute Gasteiger partial charge is 0.334 e. The molecular weight excluding hydrogens is 735 g/mol. The number of hydrogen-bond acceptors (Lipinski definition) is 1. The van der Waals surface area contributed by atoms with Crippen LogP contribution in [0, 0.1) is 0 Å². The van der Waals surface area contributed by atoms with Gasteiger partial charge in [-0.1, -0.05) is 228 Å². The Balaban J connectivity index is 0.00000220. The van der Waals surface area contributed by atoms with Crippen LogP contribution in [-0.4, -0.2) is 6.04 Å². The van der Waals surface area contributed by atoms with Crippen LogP contribution in [0.25, 0.3) is 39.0 Å². The molecule has 1 heteroatoms. The third-order valence-electron chi connectivity index (χ3n) is 13.3. The fourth-order valence-corrected chi connectivity index (χ4v) is 10.7. The SMILES string of the molecule is CC.CC1(C)C2=CC(N(c3ccc4c(c3)C(c3ccccc3)(c3ccccc3)c3cccc(-c5ccccc5)c3-4)c3ccccc3-c3ccccc3)CC=C2c2ccccc21. The Labute approximate surface area is 362 Å². The lowest BCUT2D eigenvalue weighted by molar-refractivity contribution is 0.644. The third kappa shape index (κ3) is 6.06. The van der Waals surface area contributed by atoms with Gasteiger partial charge in [0.25, 0.3) is 0 Å². The van der Waals surface area contributed by atoms with Gasteiger partial charge in [0.2, 0.25) is 0 Å². The average Bonchev–Trinajstić information content (AvgIpc) is 3.76. The van der Waals surface area contributed by atoms with E-state index < -0.39 is 5.41 Å². The first kappa shape index (κ1) is 38.3. The first-order chi connectivity index (χ1) is 30.0. The number of hydrogen-bond donors (Lipinski definition) is 0. The number of rotatable bonds is 7. The van der Waals surface area contributed by atoms with Crippen molar-refractivity contribution in [1.29, 1.82) is 0 Å². The van der Waals surface area contributed by atoms with Gasteiger partial charge in [-0.25, -0.2) is 0 Å². The van der Waals surface area contributed by atoms with Crippen LogP contribution in [0.15, 0.2) is 224 Å². The van der Waals surface area contributed by atoms with Crippen molar-refractivity contribution in [3.05, 3.63) is 257 Å². The standard InChI is InChI=1S/C58H45N.C2H6/c1-57(2)51-31-17-15-29-48(51)49-36-34-44(38-53(49)57)59(55-33-18-16-28-46(55)40-20-7-3-8-21-40)45-35-37-50-54(39-45)58(42-24-11-5-12-25-42,43-26-13-6-14-27-43)52-32-19-30-47(56(50)52)41-22-9-4-10-23-41;1-2/h3-33,35-39,44H,34H2,1-2H3;1-2H3. The van der Waals surface area contributed by atoms with E-state index in [4.69, 9.17) is 0 Å². The molecular formula is C60H51N. The predicted octanol–water partition coefficient (Wildman–Crippen LogP) is 15.6. The number of para-hydroxylation sites is 1. The Bertz CT molecular complexity index is 2880. The Morgan fingerprint density at radius 3 is 1.64 bits per heavy atom. The molecule has 0 N–H and O–H groups in total. The van der Waals surface area contributed by atoms with Crippen LogP contribution >= 0.6 is 0 Å². The molecule has 0 fully saturated rings. The highest BCUT2D eigenvalue weighted by atomic mass is 15.2. The number of allylic oxidation sites excluding steroid dienone is 2. The van der Waals surface area contributed by atoms with Crippen molar-refractivity contribution in [2.45, 2.75) is 51.0 Å². The number of benzene rings is 8. The molecule has 3 aliphatic rings. The van der Waals surface area contributed by atoms with E-state index in [1.165, 1.54) is 89.3 Å². The van der Waals surface area contributed by atoms with Crippen LogP contribution in [0.2, 0.25) is 0 Å². The number of fused-ring (bicyclic) bond motifs is 6. The van der Waals surface area contributed by atoms with Gasteiger partial charge in [-0.15, -0.1) is 0 Å². The monoisotopic (exact) mass is 785 g/mol. The molecule has 0 spiro atoms. The highest BCUT2D eigenvalue weighted by Crippen LogP contribution is 2.60. The molecule has 1 atom stereocenters. The molecule has 0 amide bonds. The predicted molar refractivity (Wildman–Crippen MR) is 258 cm³/mol. The van der Waals surface area contributed by atoms with E-state index in [1.807, 2.05) is 13.8 Å². The highest BCUT2D eigenvalue weighted by Gasteiger charge is 2.48. The van der Waals surface area contributed by atoms with Gasteiger partial charge in [0.15, 0.2) is 0 Å². The minimum atomic E-state index is -0.550. The summed E-state index contributed by atoms with van der Waals surface area (Å²) in [7, 11) is 0. The normalized spacial score (nSPS) is 16.1. The fraction of sp³-hybridized carbons (Fsp3) is 0.133. The zero-order valence-electron chi connectivity index (χ0n) is 35.5. The summed E-state index contributed by atoms with van der Waals surface area (Å²) in [5.74, 6) is 0. The smallest absolute Gasteiger partial charge is 0.0714 e. The van der Waals surface area contributed by atoms with Crippen LogP contribution in [0.4, 0.5) is 11.4 Å². The summed E-state index contributed by atoms with van der Waals surface area (Å²) >= 11 is 0. The van der Waals surface area contributed by atoms with Crippen molar-refractivity contribution in [2.75, 3.05) is 4.90 Å². The van der Waals surface area contributed by atoms with Crippen molar-refractivity contribution in [1.82, 2.24) is 0 Å². The second-order valence-corrected chi connectivity index (χ2v) is 16.7. The Hall–Kier alpha value is -6.96. The van der Waals surface area contributed by atoms with Crippen molar-refractivity contribution >= 4 is 16.9 Å². The molecule has 11 rings (SSSR count). The zero-order valence-corrected chi connectivity index (χ0v) is 35.5. The summed E-state index contributed by atoms with van der Waals surface area (Å²) in [6, 6.07) is 76.6. The van der Waals surface area contributed by atoms with Gasteiger partial charge in [-0.2, -0.15) is 0 Å². The second kappa shape index (κ2) is 15.6. The topological polar surface area (TPSA) is 3.24 Å². The van der Waals surface area contributed by atoms with Crippen molar-refractivity contribution in [3.63, 3.8) is 0 Å². The van der Waals surface area contributed by atoms with Crippen molar-refractivity contribution in [2.24, 2.45) is 0 Å². The maximum atomic E-state index is 2.64. The van der Waals surface area contributed by atoms with E-state index >= 15 is 0 Å². The van der Waals surface area contributed by atoms with Crippen LogP contribution < -0.4 is 4.90 Å². The molecule has 8 aromatic carbocycles. The molecule has 1 nitrogen and oxygen atoms in total. The summed E-state index contributed by atoms with van der Waals surface area (Å²) in [5, 5.41) is 0. The van der Waals surface area contributed by atoms with Crippen LogP contribution in [0.5, 0.6) is 0 Å². The molecule has 0 aliphatic heterocycles. The highest BCUT2D eigenvalue weighted by molar-refractivity contribution is 5.97. The lowest BCUT2D eigenvalue weighted by Crippen LogP contribution is -2.33. The minimum Gasteiger partial charge on any atom is -0.334 e. The van der Waals surface area contributed by atoms with Gasteiger partial charge in [0.1, 0.15) is 0 Å². The zero-order chi connectivity index (χ0) is 41.6. The van der Waals surface area contributed by atoms with Crippen molar-refractivity contribution in [3.8, 4) is 33.4 Å². The van der Waals surface area contributed by atoms with E-state index in [0.717, 1.165) is 6.42 Å². The van der Waals surface area contributed by atoms with Gasteiger partial charge in [0.05, 0.1) is 11.5 Å². The summed E-state index contributed by atoms with van der Waals surface area (Å²) in [6.07, 6.45) is 6.00. The van der Waals surface area contributed by atoms with Gasteiger partial charge < -0.3 is 4.90 Å². The van der Waals surface area contributed by atoms with Gasteiger partial charge >= 0.3 is 0 Å². The lowest BCUT2D eigenvalue weighted by atomic mass is 9.67. The van der Waals surface area contributed by atoms with Crippen LogP contribution in [0.1, 0.15) is 67.5 Å². The van der Waals surface area contributed by atoms with Crippen LogP contribution in [0.3, 0.4) is 0 Å². The Morgan fingerprint density at radius 2 is 0.984 bits per heavy atom. The summed E-state index contributed by atoms with van der Waals surface area (Å²) in [4.78, 5) is 2.64. The summed E-state index contributed by atoms with van der Waals surface area (Å²) < 4.78 is 0. The lowest BCUT2D eigenvalue weighted by Gasteiger charge is -2.38. The Kier molecular flexibility index (Phi) is 9.77. The molecule has 8 aromatic rings. The van der Waals surface area contributed by atoms with E-state index in [-0.39, 0.29) is 11.5 Å². The van der Waals surface area contributed by atoms with Gasteiger partial charge in [0, 0.05) is 22.4 Å². The first-order valence-corrected chi connectivity index (χ1v) is 22.0. The van der Waals surface area contributed by atoms with E-state index in [9.17, 15) is 0 Å². The molecule has 0 saturated carbocycles. The quantitative estimate of drug-likeness (QED) is 0.156. The van der Waals surface area contributed by atoms with Gasteiger partial charge in [-0.05, 0) is 97.0 Å². The number of nitrogens with zero attached hydrogens (tertiary/aromatic N) is 1. The van der Waals surface area contributed by atoms with E-state index in [1.54, 1.807) is 0 Å². The molecule has 3 aliphatic carbocycles. The number of anilines is 2. The van der Waals surface area contributed by atoms with Crippen LogP contribution in [-0.2, 0) is 10.8 Å². The van der Waals surface area contributed by atoms with Crippen molar-refractivity contribution < 1.29 is 0 Å². The molecule has 296 valence electrons. The molecule has 0 heterocycles. The van der Waals surface area contributed by atoms with E-state index in [2.05, 4.69) is 237 Å².